The average Bonchev–Trinajstić information content (AvgIpc) is 2.59. The van der Waals surface area contributed by atoms with Gasteiger partial charge in [0, 0.05) is 0 Å². The van der Waals surface area contributed by atoms with Crippen LogP contribution in [-0.4, -0.2) is 46.9 Å². The summed E-state index contributed by atoms with van der Waals surface area (Å²) < 4.78 is 28.6. The Morgan fingerprint density at radius 2 is 1.54 bits per heavy atom. The summed E-state index contributed by atoms with van der Waals surface area (Å²) in [6.07, 6.45) is 0. The molecule has 142 valence electrons. The van der Waals surface area contributed by atoms with Gasteiger partial charge in [0.1, 0.15) is 0 Å². The zero-order valence-corrected chi connectivity index (χ0v) is 19.8. The molecule has 0 aliphatic heterocycles. The quantitative estimate of drug-likeness (QED) is 0.608. The van der Waals surface area contributed by atoms with Crippen LogP contribution in [-0.2, 0) is 10.0 Å². The summed E-state index contributed by atoms with van der Waals surface area (Å²) in [4.78, 5) is 6.93. The van der Waals surface area contributed by atoms with Crippen LogP contribution in [0.4, 0.5) is 0 Å². The van der Waals surface area contributed by atoms with Crippen molar-refractivity contribution in [2.24, 2.45) is 0 Å². The Morgan fingerprint density at radius 3 is 2.00 bits per heavy atom. The van der Waals surface area contributed by atoms with E-state index in [1.807, 2.05) is 56.3 Å². The molecular weight excluding hydrogens is 453 g/mol. The molecule has 2 aromatic carbocycles. The van der Waals surface area contributed by atoms with Crippen molar-refractivity contribution in [1.29, 1.82) is 0 Å². The number of aryl methyl sites for hydroxylation is 1. The molecule has 0 aromatic heterocycles. The molecule has 0 heterocycles. The monoisotopic (exact) mass is 483 g/mol. The fourth-order valence-corrected chi connectivity index (χ4v) is 10.5. The molecule has 0 fully saturated rings. The van der Waals surface area contributed by atoms with Crippen LogP contribution in [0.1, 0.15) is 24.1 Å². The third-order valence-electron chi connectivity index (χ3n) is 4.90. The van der Waals surface area contributed by atoms with Crippen LogP contribution in [0.3, 0.4) is 0 Å². The van der Waals surface area contributed by atoms with Crippen molar-refractivity contribution < 1.29 is 13.5 Å². The second-order valence-electron chi connectivity index (χ2n) is 7.80. The molecule has 2 aromatic rings. The summed E-state index contributed by atoms with van der Waals surface area (Å²) in [5, 5.41) is 10.1. The number of hydrogen-bond acceptors (Lipinski definition) is 3. The summed E-state index contributed by atoms with van der Waals surface area (Å²) in [5.74, 6) is 0. The molecule has 26 heavy (non-hydrogen) atoms. The number of rotatable bonds is 7. The fraction of sp³-hybridized carbons (Fsp3) is 0.400. The van der Waals surface area contributed by atoms with Gasteiger partial charge in [-0.3, -0.25) is 0 Å². The van der Waals surface area contributed by atoms with Crippen LogP contribution in [0.5, 0.6) is 0 Å². The number of benzene rings is 2. The Kier molecular flexibility index (Phi) is 6.93. The molecule has 0 aliphatic rings. The Morgan fingerprint density at radius 1 is 1.00 bits per heavy atom. The maximum atomic E-state index is 13.6. The molecule has 0 amide bonds. The molecule has 0 saturated carbocycles. The van der Waals surface area contributed by atoms with Crippen molar-refractivity contribution in [3.63, 3.8) is 0 Å². The van der Waals surface area contributed by atoms with Crippen LogP contribution in [0.15, 0.2) is 59.5 Å². The van der Waals surface area contributed by atoms with E-state index in [1.165, 1.54) is 0 Å². The summed E-state index contributed by atoms with van der Waals surface area (Å²) in [6, 6.07) is 15.7. The van der Waals surface area contributed by atoms with Gasteiger partial charge < -0.3 is 0 Å². The van der Waals surface area contributed by atoms with E-state index in [0.29, 0.717) is 0 Å². The topological polar surface area (TPSA) is 57.6 Å². The van der Waals surface area contributed by atoms with Gasteiger partial charge in [0.15, 0.2) is 0 Å². The first kappa shape index (κ1) is 21.4. The van der Waals surface area contributed by atoms with Gasteiger partial charge in [-0.15, -0.1) is 0 Å². The molecule has 0 aliphatic carbocycles. The molecule has 0 saturated heterocycles. The standard InChI is InChI=1S/C17H20NO3S.3CH3.Sn/c1-3-18(17(13-19)15-7-5-4-6-8-15)22(20,21)16-11-9-14(2)10-12-16;;;;/h3-12,17,19H,13H2,1-2H3;3*1H3;/t17-;;;;/m0..../s1. The van der Waals surface area contributed by atoms with Crippen LogP contribution in [0, 0.1) is 6.92 Å². The fourth-order valence-electron chi connectivity index (χ4n) is 2.87. The second-order valence-corrected chi connectivity index (χ2v) is 25.5. The Balaban J connectivity index is 2.62. The Hall–Kier alpha value is -0.891. The second kappa shape index (κ2) is 8.42. The first-order chi connectivity index (χ1) is 12.1. The molecular formula is C20H29NO3SSn. The summed E-state index contributed by atoms with van der Waals surface area (Å²) in [6.45, 7) is 3.68. The van der Waals surface area contributed by atoms with Crippen LogP contribution in [0.25, 0.3) is 0 Å². The summed E-state index contributed by atoms with van der Waals surface area (Å²) >= 11 is -2.65. The van der Waals surface area contributed by atoms with E-state index in [4.69, 9.17) is 0 Å². The molecule has 0 radical (unpaired) electrons. The number of sulfonamides is 1. The van der Waals surface area contributed by atoms with E-state index < -0.39 is 34.4 Å². The first-order valence-electron chi connectivity index (χ1n) is 8.85. The van der Waals surface area contributed by atoms with Crippen LogP contribution < -0.4 is 0 Å². The SMILES string of the molecule is Cc1ccc(S(=O)(=O)N([C@@H](CO)c2ccccc2)[C@H](C)[Sn]([CH3])([CH3])[CH3])cc1. The summed E-state index contributed by atoms with van der Waals surface area (Å²) in [5.41, 5.74) is 1.83. The number of aliphatic hydroxyl groups excluding tert-OH is 1. The van der Waals surface area contributed by atoms with Crippen molar-refractivity contribution in [3.8, 4) is 0 Å². The van der Waals surface area contributed by atoms with E-state index >= 15 is 0 Å². The van der Waals surface area contributed by atoms with Gasteiger partial charge in [-0.1, -0.05) is 0 Å². The van der Waals surface area contributed by atoms with Gasteiger partial charge in [0.25, 0.3) is 0 Å². The molecule has 2 atom stereocenters. The summed E-state index contributed by atoms with van der Waals surface area (Å²) in [7, 11) is -3.73. The van der Waals surface area contributed by atoms with Crippen LogP contribution in [0.2, 0.25) is 14.8 Å². The molecule has 1 N–H and O–H groups in total. The van der Waals surface area contributed by atoms with E-state index in [0.717, 1.165) is 11.1 Å². The Labute approximate surface area is 161 Å². The van der Waals surface area contributed by atoms with Crippen molar-refractivity contribution in [2.45, 2.75) is 43.7 Å². The van der Waals surface area contributed by atoms with Gasteiger partial charge in [-0.2, -0.15) is 0 Å². The van der Waals surface area contributed by atoms with E-state index in [2.05, 4.69) is 14.8 Å². The third kappa shape index (κ3) is 4.68. The number of hydrogen-bond donors (Lipinski definition) is 1. The van der Waals surface area contributed by atoms with Gasteiger partial charge >= 0.3 is 162 Å². The van der Waals surface area contributed by atoms with E-state index in [-0.39, 0.29) is 15.6 Å². The predicted octanol–water partition coefficient (Wildman–Crippen LogP) is 3.99. The molecule has 0 bridgehead atoms. The van der Waals surface area contributed by atoms with Crippen molar-refractivity contribution in [2.75, 3.05) is 6.61 Å². The molecule has 2 rings (SSSR count). The minimum atomic E-state index is -3.73. The third-order valence-corrected chi connectivity index (χ3v) is 15.4. The molecule has 0 spiro atoms. The van der Waals surface area contributed by atoms with Gasteiger partial charge in [0.2, 0.25) is 0 Å². The van der Waals surface area contributed by atoms with Crippen molar-refractivity contribution in [3.05, 3.63) is 65.7 Å². The number of aliphatic hydroxyl groups is 1. The molecule has 6 heteroatoms. The molecule has 0 unspecified atom stereocenters. The van der Waals surface area contributed by atoms with Gasteiger partial charge in [0.05, 0.1) is 0 Å². The number of nitrogens with zero attached hydrogens (tertiary/aromatic N) is 1. The van der Waals surface area contributed by atoms with E-state index in [1.54, 1.807) is 16.4 Å². The maximum absolute atomic E-state index is 13.6. The van der Waals surface area contributed by atoms with E-state index in [9.17, 15) is 13.5 Å². The van der Waals surface area contributed by atoms with Crippen molar-refractivity contribution >= 4 is 28.4 Å². The molecule has 4 nitrogen and oxygen atoms in total. The Bertz CT molecular complexity index is 814. The predicted molar refractivity (Wildman–Crippen MR) is 109 cm³/mol. The van der Waals surface area contributed by atoms with Crippen molar-refractivity contribution in [1.82, 2.24) is 4.31 Å². The average molecular weight is 482 g/mol. The minimum absolute atomic E-state index is 0.104. The zero-order chi connectivity index (χ0) is 19.5. The first-order valence-corrected chi connectivity index (χ1v) is 20.5. The van der Waals surface area contributed by atoms with Crippen LogP contribution >= 0.6 is 0 Å². The van der Waals surface area contributed by atoms with Gasteiger partial charge in [-0.05, 0) is 0 Å². The normalized spacial score (nSPS) is 15.0. The zero-order valence-electron chi connectivity index (χ0n) is 16.2. The van der Waals surface area contributed by atoms with Gasteiger partial charge in [-0.25, -0.2) is 0 Å².